The molecule has 0 amide bonds. The Morgan fingerprint density at radius 2 is 1.93 bits per heavy atom. The van der Waals surface area contributed by atoms with Crippen LogP contribution in [0.5, 0.6) is 0 Å². The van der Waals surface area contributed by atoms with E-state index in [1.807, 2.05) is 18.4 Å². The second-order valence-corrected chi connectivity index (χ2v) is 7.58. The molecule has 28 heavy (non-hydrogen) atoms. The largest absolute Gasteiger partial charge is 0.478 e. The van der Waals surface area contributed by atoms with Crippen molar-refractivity contribution in [3.05, 3.63) is 69.8 Å². The van der Waals surface area contributed by atoms with Gasteiger partial charge < -0.3 is 15.0 Å². The number of nitrogens with zero attached hydrogens (tertiary/aromatic N) is 1. The van der Waals surface area contributed by atoms with Crippen molar-refractivity contribution in [1.82, 2.24) is 9.88 Å². The van der Waals surface area contributed by atoms with Crippen LogP contribution in [0, 0.1) is 19.7 Å². The molecule has 1 heterocycles. The molecule has 0 saturated heterocycles. The van der Waals surface area contributed by atoms with Gasteiger partial charge in [-0.2, -0.15) is 0 Å². The van der Waals surface area contributed by atoms with Gasteiger partial charge in [0.15, 0.2) is 0 Å². The predicted molar refractivity (Wildman–Crippen MR) is 109 cm³/mol. The monoisotopic (exact) mass is 384 g/mol. The smallest absolute Gasteiger partial charge is 0.337 e. The molecule has 0 unspecified atom stereocenters. The minimum atomic E-state index is -0.898. The maximum atomic E-state index is 13.2. The Morgan fingerprint density at radius 1 is 1.18 bits per heavy atom. The summed E-state index contributed by atoms with van der Waals surface area (Å²) in [7, 11) is 0. The molecule has 5 heteroatoms. The van der Waals surface area contributed by atoms with Crippen LogP contribution in [0.1, 0.15) is 65.0 Å². The summed E-state index contributed by atoms with van der Waals surface area (Å²) in [5.74, 6) is -1.17. The lowest BCUT2D eigenvalue weighted by Gasteiger charge is -2.13. The molecule has 1 aromatic heterocycles. The highest BCUT2D eigenvalue weighted by molar-refractivity contribution is 5.91. The summed E-state index contributed by atoms with van der Waals surface area (Å²) < 4.78 is 15.2. The molecule has 2 N–H and O–H groups in total. The van der Waals surface area contributed by atoms with Crippen LogP contribution in [0.15, 0.2) is 35.9 Å². The second kappa shape index (κ2) is 9.20. The third kappa shape index (κ3) is 4.71. The van der Waals surface area contributed by atoms with Gasteiger partial charge in [0.25, 0.3) is 0 Å². The Bertz CT molecular complexity index is 866. The van der Waals surface area contributed by atoms with E-state index in [1.54, 1.807) is 12.1 Å². The van der Waals surface area contributed by atoms with Crippen LogP contribution < -0.4 is 5.32 Å². The Morgan fingerprint density at radius 3 is 2.57 bits per heavy atom. The molecular weight excluding hydrogens is 355 g/mol. The first-order chi connectivity index (χ1) is 13.5. The summed E-state index contributed by atoms with van der Waals surface area (Å²) in [5, 5.41) is 13.2. The summed E-state index contributed by atoms with van der Waals surface area (Å²) in [5.41, 5.74) is 5.36. The van der Waals surface area contributed by atoms with Gasteiger partial charge in [0, 0.05) is 30.0 Å². The quantitative estimate of drug-likeness (QED) is 0.499. The zero-order valence-electron chi connectivity index (χ0n) is 16.7. The van der Waals surface area contributed by atoms with Gasteiger partial charge in [0.1, 0.15) is 5.82 Å². The zero-order chi connectivity index (χ0) is 20.1. The number of aromatic carboxylic acids is 1. The Balaban J connectivity index is 1.73. The maximum Gasteiger partial charge on any atom is 0.337 e. The zero-order valence-corrected chi connectivity index (χ0v) is 16.7. The maximum absolute atomic E-state index is 13.2. The van der Waals surface area contributed by atoms with Crippen LogP contribution in [-0.4, -0.2) is 22.2 Å². The molecule has 0 saturated carbocycles. The van der Waals surface area contributed by atoms with Gasteiger partial charge in [0.05, 0.1) is 5.56 Å². The van der Waals surface area contributed by atoms with Gasteiger partial charge in [-0.15, -0.1) is 0 Å². The van der Waals surface area contributed by atoms with Gasteiger partial charge in [-0.25, -0.2) is 9.18 Å². The topological polar surface area (TPSA) is 54.3 Å². The first-order valence-corrected chi connectivity index (χ1v) is 10.0. The number of halogens is 1. The average molecular weight is 384 g/mol. The molecule has 150 valence electrons. The predicted octanol–water partition coefficient (Wildman–Crippen LogP) is 4.97. The number of benzene rings is 1. The van der Waals surface area contributed by atoms with Crippen LogP contribution >= 0.6 is 0 Å². The molecule has 4 nitrogen and oxygen atoms in total. The SMILES string of the molecule is Cc1c(CNCCC2=CCCCC2)c(C(=O)O)c(C)n1Cc1ccc(F)cc1. The fourth-order valence-corrected chi connectivity index (χ4v) is 4.05. The molecule has 0 atom stereocenters. The third-order valence-corrected chi connectivity index (χ3v) is 5.69. The number of hydrogen-bond acceptors (Lipinski definition) is 2. The van der Waals surface area contributed by atoms with Gasteiger partial charge in [-0.3, -0.25) is 0 Å². The highest BCUT2D eigenvalue weighted by atomic mass is 19.1. The molecule has 1 aliphatic carbocycles. The number of nitrogens with one attached hydrogen (secondary N) is 1. The van der Waals surface area contributed by atoms with Crippen molar-refractivity contribution < 1.29 is 14.3 Å². The van der Waals surface area contributed by atoms with Crippen molar-refractivity contribution in [2.24, 2.45) is 0 Å². The third-order valence-electron chi connectivity index (χ3n) is 5.69. The lowest BCUT2D eigenvalue weighted by atomic mass is 9.97. The summed E-state index contributed by atoms with van der Waals surface area (Å²) >= 11 is 0. The number of aromatic nitrogens is 1. The minimum Gasteiger partial charge on any atom is -0.478 e. The van der Waals surface area contributed by atoms with Gasteiger partial charge in [-0.1, -0.05) is 23.8 Å². The van der Waals surface area contributed by atoms with Crippen LogP contribution in [0.2, 0.25) is 0 Å². The molecule has 3 rings (SSSR count). The standard InChI is InChI=1S/C23H29FN2O2/c1-16-21(14-25-13-12-18-6-4-3-5-7-18)22(23(27)28)17(2)26(16)15-19-8-10-20(24)11-9-19/h6,8-11,25H,3-5,7,12-15H2,1-2H3,(H,27,28). The molecule has 2 aromatic rings. The normalized spacial score (nSPS) is 14.2. The van der Waals surface area contributed by atoms with Gasteiger partial charge in [0.2, 0.25) is 0 Å². The van der Waals surface area contributed by atoms with Crippen molar-refractivity contribution in [1.29, 1.82) is 0 Å². The molecule has 0 bridgehead atoms. The molecular formula is C23H29FN2O2. The Kier molecular flexibility index (Phi) is 6.68. The van der Waals surface area contributed by atoms with E-state index >= 15 is 0 Å². The van der Waals surface area contributed by atoms with Crippen molar-refractivity contribution >= 4 is 5.97 Å². The molecule has 0 fully saturated rings. The van der Waals surface area contributed by atoms with Crippen molar-refractivity contribution in [2.45, 2.75) is 59.0 Å². The number of rotatable bonds is 8. The fourth-order valence-electron chi connectivity index (χ4n) is 4.05. The average Bonchev–Trinajstić information content (AvgIpc) is 2.92. The number of allylic oxidation sites excluding steroid dienone is 1. The lowest BCUT2D eigenvalue weighted by molar-refractivity contribution is 0.0694. The fraction of sp³-hybridized carbons (Fsp3) is 0.435. The molecule has 0 radical (unpaired) electrons. The van der Waals surface area contributed by atoms with E-state index in [0.717, 1.165) is 35.5 Å². The van der Waals surface area contributed by atoms with E-state index in [4.69, 9.17) is 0 Å². The van der Waals surface area contributed by atoms with Gasteiger partial charge >= 0.3 is 5.97 Å². The highest BCUT2D eigenvalue weighted by Gasteiger charge is 2.22. The van der Waals surface area contributed by atoms with E-state index in [1.165, 1.54) is 43.4 Å². The van der Waals surface area contributed by atoms with Gasteiger partial charge in [-0.05, 0) is 70.2 Å². The van der Waals surface area contributed by atoms with E-state index in [-0.39, 0.29) is 5.82 Å². The summed E-state index contributed by atoms with van der Waals surface area (Å²) in [6.45, 7) is 5.73. The number of carboxylic acids is 1. The van der Waals surface area contributed by atoms with E-state index in [0.29, 0.717) is 18.7 Å². The molecule has 1 aliphatic rings. The number of hydrogen-bond donors (Lipinski definition) is 2. The Hall–Kier alpha value is -2.40. The molecule has 0 aliphatic heterocycles. The summed E-state index contributed by atoms with van der Waals surface area (Å²) in [6.07, 6.45) is 8.31. The van der Waals surface area contributed by atoms with Crippen LogP contribution in [0.3, 0.4) is 0 Å². The van der Waals surface area contributed by atoms with Crippen LogP contribution in [-0.2, 0) is 13.1 Å². The van der Waals surface area contributed by atoms with E-state index in [2.05, 4.69) is 11.4 Å². The first kappa shape index (κ1) is 20.3. The number of carboxylic acid groups (broad SMARTS) is 1. The second-order valence-electron chi connectivity index (χ2n) is 7.58. The molecule has 0 spiro atoms. The van der Waals surface area contributed by atoms with Crippen LogP contribution in [0.4, 0.5) is 4.39 Å². The van der Waals surface area contributed by atoms with E-state index in [9.17, 15) is 14.3 Å². The van der Waals surface area contributed by atoms with Crippen molar-refractivity contribution in [2.75, 3.05) is 6.54 Å². The summed E-state index contributed by atoms with van der Waals surface area (Å²) in [4.78, 5) is 11.9. The van der Waals surface area contributed by atoms with Crippen molar-refractivity contribution in [3.63, 3.8) is 0 Å². The number of carbonyl (C=O) groups is 1. The minimum absolute atomic E-state index is 0.270. The highest BCUT2D eigenvalue weighted by Crippen LogP contribution is 2.24. The summed E-state index contributed by atoms with van der Waals surface area (Å²) in [6, 6.07) is 6.35. The van der Waals surface area contributed by atoms with Crippen LogP contribution in [0.25, 0.3) is 0 Å². The Labute approximate surface area is 166 Å². The van der Waals surface area contributed by atoms with Crippen molar-refractivity contribution in [3.8, 4) is 0 Å². The first-order valence-electron chi connectivity index (χ1n) is 10.0. The molecule has 1 aromatic carbocycles. The van der Waals surface area contributed by atoms with E-state index < -0.39 is 5.97 Å². The lowest BCUT2D eigenvalue weighted by Crippen LogP contribution is -2.18.